The van der Waals surface area contributed by atoms with Crippen molar-refractivity contribution in [1.82, 2.24) is 10.6 Å². The predicted octanol–water partition coefficient (Wildman–Crippen LogP) is 0.998. The molecule has 3 N–H and O–H groups in total. The SMILES string of the molecule is O=C(NC1(C(=O)O)CC1)NC1(C(F)(F)F)CC1. The Balaban J connectivity index is 1.93. The summed E-state index contributed by atoms with van der Waals surface area (Å²) in [5.74, 6) is -1.22. The molecule has 0 aromatic heterocycles. The molecule has 0 saturated heterocycles. The van der Waals surface area contributed by atoms with Gasteiger partial charge >= 0.3 is 18.2 Å². The highest BCUT2D eigenvalue weighted by Crippen LogP contribution is 2.49. The number of nitrogens with one attached hydrogen (secondary N) is 2. The van der Waals surface area contributed by atoms with Crippen LogP contribution in [0.3, 0.4) is 0 Å². The van der Waals surface area contributed by atoms with E-state index in [2.05, 4.69) is 5.32 Å². The second kappa shape index (κ2) is 3.27. The molecule has 0 aromatic rings. The number of alkyl halides is 3. The van der Waals surface area contributed by atoms with Gasteiger partial charge in [-0.2, -0.15) is 13.2 Å². The minimum atomic E-state index is -4.50. The van der Waals surface area contributed by atoms with Crippen LogP contribution in [0.5, 0.6) is 0 Å². The van der Waals surface area contributed by atoms with Crippen molar-refractivity contribution >= 4 is 12.0 Å². The summed E-state index contributed by atoms with van der Waals surface area (Å²) in [6.45, 7) is 0. The van der Waals surface area contributed by atoms with Gasteiger partial charge in [0, 0.05) is 0 Å². The highest BCUT2D eigenvalue weighted by molar-refractivity contribution is 5.89. The second-order valence-electron chi connectivity index (χ2n) is 4.55. The van der Waals surface area contributed by atoms with Gasteiger partial charge in [0.25, 0.3) is 0 Å². The molecule has 96 valence electrons. The zero-order chi connectivity index (χ0) is 12.9. The van der Waals surface area contributed by atoms with Gasteiger partial charge in [0.2, 0.25) is 0 Å². The number of hydrogen-bond acceptors (Lipinski definition) is 2. The molecule has 0 aliphatic heterocycles. The number of urea groups is 1. The smallest absolute Gasteiger partial charge is 0.411 e. The predicted molar refractivity (Wildman–Crippen MR) is 49.3 cm³/mol. The highest BCUT2D eigenvalue weighted by Gasteiger charge is 2.65. The molecule has 17 heavy (non-hydrogen) atoms. The monoisotopic (exact) mass is 252 g/mol. The van der Waals surface area contributed by atoms with Crippen LogP contribution in [0.2, 0.25) is 0 Å². The van der Waals surface area contributed by atoms with Crippen molar-refractivity contribution in [2.24, 2.45) is 0 Å². The number of amides is 2. The molecule has 0 unspecified atom stereocenters. The van der Waals surface area contributed by atoms with Crippen LogP contribution in [-0.2, 0) is 4.79 Å². The Morgan fingerprint density at radius 1 is 1.06 bits per heavy atom. The van der Waals surface area contributed by atoms with Gasteiger partial charge in [-0.25, -0.2) is 9.59 Å². The van der Waals surface area contributed by atoms with Crippen molar-refractivity contribution in [3.63, 3.8) is 0 Å². The Hall–Kier alpha value is -1.47. The summed E-state index contributed by atoms with van der Waals surface area (Å²) >= 11 is 0. The zero-order valence-corrected chi connectivity index (χ0v) is 8.73. The van der Waals surface area contributed by atoms with E-state index in [1.807, 2.05) is 5.32 Å². The van der Waals surface area contributed by atoms with Gasteiger partial charge in [-0.3, -0.25) is 0 Å². The van der Waals surface area contributed by atoms with Crippen LogP contribution in [0, 0.1) is 0 Å². The van der Waals surface area contributed by atoms with E-state index in [1.54, 1.807) is 0 Å². The molecule has 2 rings (SSSR count). The zero-order valence-electron chi connectivity index (χ0n) is 8.73. The third-order valence-electron chi connectivity index (χ3n) is 3.16. The summed E-state index contributed by atoms with van der Waals surface area (Å²) in [5.41, 5.74) is -3.53. The quantitative estimate of drug-likeness (QED) is 0.701. The Morgan fingerprint density at radius 2 is 1.59 bits per heavy atom. The summed E-state index contributed by atoms with van der Waals surface area (Å²) < 4.78 is 37.5. The fourth-order valence-electron chi connectivity index (χ4n) is 1.59. The van der Waals surface area contributed by atoms with Crippen LogP contribution >= 0.6 is 0 Å². The van der Waals surface area contributed by atoms with Crippen LogP contribution in [0.4, 0.5) is 18.0 Å². The molecule has 0 spiro atoms. The molecule has 0 heterocycles. The van der Waals surface area contributed by atoms with Crippen molar-refractivity contribution in [2.75, 3.05) is 0 Å². The number of rotatable bonds is 3. The first-order valence-electron chi connectivity index (χ1n) is 5.11. The molecule has 0 radical (unpaired) electrons. The van der Waals surface area contributed by atoms with E-state index in [-0.39, 0.29) is 25.7 Å². The molecular formula is C9H11F3N2O3. The summed E-state index contributed by atoms with van der Waals surface area (Å²) in [5, 5.41) is 12.7. The molecule has 2 saturated carbocycles. The second-order valence-corrected chi connectivity index (χ2v) is 4.55. The molecule has 8 heteroatoms. The van der Waals surface area contributed by atoms with Gasteiger partial charge in [-0.15, -0.1) is 0 Å². The topological polar surface area (TPSA) is 78.4 Å². The van der Waals surface area contributed by atoms with E-state index in [0.717, 1.165) is 0 Å². The first-order valence-corrected chi connectivity index (χ1v) is 5.11. The Bertz CT molecular complexity index is 372. The van der Waals surface area contributed by atoms with E-state index in [9.17, 15) is 22.8 Å². The average molecular weight is 252 g/mol. The lowest BCUT2D eigenvalue weighted by molar-refractivity contribution is -0.162. The van der Waals surface area contributed by atoms with E-state index in [0.29, 0.717) is 0 Å². The normalized spacial score (nSPS) is 23.7. The molecule has 2 amide bonds. The number of carbonyl (C=O) groups is 2. The summed E-state index contributed by atoms with van der Waals surface area (Å²) in [6, 6.07) is -1.07. The van der Waals surface area contributed by atoms with Gasteiger partial charge in [0.05, 0.1) is 0 Å². The van der Waals surface area contributed by atoms with Gasteiger partial charge in [-0.1, -0.05) is 0 Å². The van der Waals surface area contributed by atoms with Crippen LogP contribution in [0.1, 0.15) is 25.7 Å². The average Bonchev–Trinajstić information content (AvgIpc) is 2.98. The molecule has 2 fully saturated rings. The third-order valence-corrected chi connectivity index (χ3v) is 3.16. The Kier molecular flexibility index (Phi) is 2.31. The molecule has 2 aliphatic carbocycles. The Morgan fingerprint density at radius 3 is 1.88 bits per heavy atom. The van der Waals surface area contributed by atoms with Crippen LogP contribution < -0.4 is 10.6 Å². The molecule has 2 aliphatic rings. The van der Waals surface area contributed by atoms with Crippen molar-refractivity contribution in [1.29, 1.82) is 0 Å². The van der Waals surface area contributed by atoms with Crippen molar-refractivity contribution in [2.45, 2.75) is 42.9 Å². The summed E-state index contributed by atoms with van der Waals surface area (Å²) in [7, 11) is 0. The summed E-state index contributed by atoms with van der Waals surface area (Å²) in [6.07, 6.45) is -4.33. The number of halogens is 3. The first kappa shape index (κ1) is 12.0. The van der Waals surface area contributed by atoms with E-state index in [4.69, 9.17) is 5.11 Å². The fourth-order valence-corrected chi connectivity index (χ4v) is 1.59. The number of hydrogen-bond donors (Lipinski definition) is 3. The molecule has 0 aromatic carbocycles. The minimum Gasteiger partial charge on any atom is -0.480 e. The van der Waals surface area contributed by atoms with Crippen LogP contribution in [-0.4, -0.2) is 34.4 Å². The van der Waals surface area contributed by atoms with Crippen molar-refractivity contribution < 1.29 is 27.9 Å². The molecular weight excluding hydrogens is 241 g/mol. The lowest BCUT2D eigenvalue weighted by Crippen LogP contribution is -2.55. The maximum atomic E-state index is 12.5. The van der Waals surface area contributed by atoms with Crippen molar-refractivity contribution in [3.8, 4) is 0 Å². The van der Waals surface area contributed by atoms with Crippen LogP contribution in [0.15, 0.2) is 0 Å². The number of carboxylic acid groups (broad SMARTS) is 1. The third kappa shape index (κ3) is 2.03. The lowest BCUT2D eigenvalue weighted by Gasteiger charge is -2.22. The number of aliphatic carboxylic acids is 1. The highest BCUT2D eigenvalue weighted by atomic mass is 19.4. The lowest BCUT2D eigenvalue weighted by atomic mass is 10.2. The number of carboxylic acids is 1. The summed E-state index contributed by atoms with van der Waals surface area (Å²) in [4.78, 5) is 22.1. The van der Waals surface area contributed by atoms with Gasteiger partial charge < -0.3 is 15.7 Å². The van der Waals surface area contributed by atoms with E-state index >= 15 is 0 Å². The largest absolute Gasteiger partial charge is 0.480 e. The van der Waals surface area contributed by atoms with Gasteiger partial charge in [0.15, 0.2) is 0 Å². The fraction of sp³-hybridized carbons (Fsp3) is 0.778. The van der Waals surface area contributed by atoms with E-state index < -0.39 is 29.3 Å². The molecule has 0 atom stereocenters. The Labute approximate surface area is 94.4 Å². The maximum Gasteiger partial charge on any atom is 0.411 e. The van der Waals surface area contributed by atoms with Gasteiger partial charge in [-0.05, 0) is 25.7 Å². The standard InChI is InChI=1S/C9H11F3N2O3/c10-9(11,12)8(3-4-8)14-6(17)13-7(1-2-7)5(15)16/h1-4H2,(H,15,16)(H2,13,14,17). The van der Waals surface area contributed by atoms with Crippen LogP contribution in [0.25, 0.3) is 0 Å². The first-order chi connectivity index (χ1) is 7.71. The van der Waals surface area contributed by atoms with Gasteiger partial charge in [0.1, 0.15) is 11.1 Å². The van der Waals surface area contributed by atoms with Crippen molar-refractivity contribution in [3.05, 3.63) is 0 Å². The molecule has 0 bridgehead atoms. The minimum absolute atomic E-state index is 0.163. The maximum absolute atomic E-state index is 12.5. The van der Waals surface area contributed by atoms with E-state index in [1.165, 1.54) is 0 Å². The number of carbonyl (C=O) groups excluding carboxylic acids is 1. The molecule has 5 nitrogen and oxygen atoms in total.